The van der Waals surface area contributed by atoms with Gasteiger partial charge in [0.1, 0.15) is 0 Å². The zero-order valence-corrected chi connectivity index (χ0v) is 19.2. The van der Waals surface area contributed by atoms with Crippen LogP contribution < -0.4 is 154 Å². The van der Waals surface area contributed by atoms with Gasteiger partial charge in [-0.1, -0.05) is 41.9 Å². The molecule has 0 atom stereocenters. The fourth-order valence-corrected chi connectivity index (χ4v) is 1.26. The van der Waals surface area contributed by atoms with Crippen molar-refractivity contribution in [1.29, 1.82) is 0 Å². The van der Waals surface area contributed by atoms with Crippen LogP contribution in [0.4, 0.5) is 0 Å². The van der Waals surface area contributed by atoms with Crippen molar-refractivity contribution in [3.05, 3.63) is 40.4 Å². The molecule has 0 aliphatic carbocycles. The van der Waals surface area contributed by atoms with Crippen LogP contribution in [0.3, 0.4) is 0 Å². The Labute approximate surface area is 221 Å². The molecule has 0 heterocycles. The fraction of sp³-hybridized carbons (Fsp3) is 0. The van der Waals surface area contributed by atoms with Crippen molar-refractivity contribution in [3.8, 4) is 0 Å². The van der Waals surface area contributed by atoms with Gasteiger partial charge in [-0.15, -0.1) is 0 Å². The molecular formula is C8H9Cl2K3. The van der Waals surface area contributed by atoms with Crippen molar-refractivity contribution in [3.63, 3.8) is 0 Å². The van der Waals surface area contributed by atoms with Gasteiger partial charge in [-0.3, -0.25) is 0 Å². The van der Waals surface area contributed by atoms with E-state index in [1.807, 2.05) is 0 Å². The summed E-state index contributed by atoms with van der Waals surface area (Å²) < 4.78 is 0. The van der Waals surface area contributed by atoms with Gasteiger partial charge in [0.2, 0.25) is 0 Å². The van der Waals surface area contributed by atoms with E-state index in [1.54, 1.807) is 24.3 Å². The van der Waals surface area contributed by atoms with Crippen molar-refractivity contribution >= 4 is 29.3 Å². The molecule has 58 valence electrons. The molecular weight excluding hydrogens is 284 g/mol. The maximum Gasteiger partial charge on any atom is 1.00 e. The first-order valence-corrected chi connectivity index (χ1v) is 3.57. The van der Waals surface area contributed by atoms with Crippen LogP contribution in [0.2, 0.25) is 10.0 Å². The third kappa shape index (κ3) is 8.21. The topological polar surface area (TPSA) is 0 Å². The van der Waals surface area contributed by atoms with Crippen LogP contribution in [0.15, 0.2) is 24.8 Å². The van der Waals surface area contributed by atoms with E-state index in [4.69, 9.17) is 23.2 Å². The molecule has 0 N–H and O–H groups in total. The van der Waals surface area contributed by atoms with Crippen molar-refractivity contribution in [2.24, 2.45) is 0 Å². The van der Waals surface area contributed by atoms with E-state index < -0.39 is 0 Å². The van der Waals surface area contributed by atoms with Crippen molar-refractivity contribution in [2.45, 2.75) is 0 Å². The molecule has 1 aromatic carbocycles. The SMILES string of the molecule is C=Cc1c(Cl)cccc1Cl.[H-].[H-].[H-].[K+].[K+].[K+]. The molecule has 0 saturated carbocycles. The second kappa shape index (κ2) is 12.9. The average molecular weight is 293 g/mol. The maximum absolute atomic E-state index is 5.77. The van der Waals surface area contributed by atoms with Gasteiger partial charge >= 0.3 is 154 Å². The Morgan fingerprint density at radius 1 is 1.08 bits per heavy atom. The van der Waals surface area contributed by atoms with Crippen LogP contribution in [0.5, 0.6) is 0 Å². The van der Waals surface area contributed by atoms with Crippen LogP contribution in [-0.4, -0.2) is 0 Å². The van der Waals surface area contributed by atoms with Gasteiger partial charge < -0.3 is 4.28 Å². The molecule has 1 aromatic rings. The Morgan fingerprint density at radius 3 is 1.69 bits per heavy atom. The molecule has 0 aliphatic heterocycles. The summed E-state index contributed by atoms with van der Waals surface area (Å²) in [7, 11) is 0. The van der Waals surface area contributed by atoms with Gasteiger partial charge in [0.15, 0.2) is 0 Å². The Bertz CT molecular complexity index is 254. The molecule has 5 heteroatoms. The summed E-state index contributed by atoms with van der Waals surface area (Å²) in [5.74, 6) is 0. The zero-order valence-electron chi connectivity index (χ0n) is 11.3. The minimum Gasteiger partial charge on any atom is -1.00 e. The third-order valence-corrected chi connectivity index (χ3v) is 1.86. The molecule has 0 bridgehead atoms. The number of hydrogen-bond donors (Lipinski definition) is 0. The van der Waals surface area contributed by atoms with Gasteiger partial charge in [0.05, 0.1) is 0 Å². The molecule has 0 aliphatic rings. The van der Waals surface area contributed by atoms with E-state index in [9.17, 15) is 0 Å². The van der Waals surface area contributed by atoms with E-state index >= 15 is 0 Å². The monoisotopic (exact) mass is 292 g/mol. The van der Waals surface area contributed by atoms with E-state index in [2.05, 4.69) is 6.58 Å². The average Bonchev–Trinajstić information content (AvgIpc) is 1.88. The Kier molecular flexibility index (Phi) is 22.4. The second-order valence-electron chi connectivity index (χ2n) is 1.84. The van der Waals surface area contributed by atoms with E-state index in [-0.39, 0.29) is 158 Å². The molecule has 0 saturated heterocycles. The normalized spacial score (nSPS) is 7.23. The summed E-state index contributed by atoms with van der Waals surface area (Å²) in [6.07, 6.45) is 1.64. The second-order valence-corrected chi connectivity index (χ2v) is 2.65. The number of benzene rings is 1. The first-order valence-electron chi connectivity index (χ1n) is 2.82. The molecule has 1 rings (SSSR count). The smallest absolute Gasteiger partial charge is 1.00 e. The first-order chi connectivity index (χ1) is 4.75. The Balaban J connectivity index is -0.0000000417. The van der Waals surface area contributed by atoms with Crippen LogP contribution in [-0.2, 0) is 0 Å². The molecule has 13 heavy (non-hydrogen) atoms. The Hall–Kier alpha value is 4.45. The van der Waals surface area contributed by atoms with Crippen LogP contribution >= 0.6 is 23.2 Å². The van der Waals surface area contributed by atoms with Gasteiger partial charge in [-0.25, -0.2) is 0 Å². The number of rotatable bonds is 1. The van der Waals surface area contributed by atoms with Crippen molar-refractivity contribution in [2.75, 3.05) is 0 Å². The van der Waals surface area contributed by atoms with Crippen molar-refractivity contribution in [1.82, 2.24) is 0 Å². The minimum absolute atomic E-state index is 0. The number of hydrogen-bond acceptors (Lipinski definition) is 0. The van der Waals surface area contributed by atoms with Crippen LogP contribution in [0, 0.1) is 0 Å². The summed E-state index contributed by atoms with van der Waals surface area (Å²) in [5, 5.41) is 1.28. The van der Waals surface area contributed by atoms with Crippen LogP contribution in [0.1, 0.15) is 9.84 Å². The van der Waals surface area contributed by atoms with Gasteiger partial charge in [0.25, 0.3) is 0 Å². The molecule has 0 unspecified atom stereocenters. The standard InChI is InChI=1S/C8H6Cl2.3K.3H/c1-2-6-7(9)4-3-5-8(6)10;;;;;;/h2-5H,1H2;;;;;;/q;3*+1;3*-1. The molecule has 0 amide bonds. The van der Waals surface area contributed by atoms with E-state index in [0.29, 0.717) is 10.0 Å². The molecule has 0 nitrogen and oxygen atoms in total. The molecule has 0 radical (unpaired) electrons. The van der Waals surface area contributed by atoms with E-state index in [0.717, 1.165) is 5.56 Å². The van der Waals surface area contributed by atoms with E-state index in [1.165, 1.54) is 0 Å². The minimum atomic E-state index is 0. The quantitative estimate of drug-likeness (QED) is 0.455. The van der Waals surface area contributed by atoms with Crippen molar-refractivity contribution < 1.29 is 158 Å². The third-order valence-electron chi connectivity index (χ3n) is 1.20. The summed E-state index contributed by atoms with van der Waals surface area (Å²) >= 11 is 11.5. The first kappa shape index (κ1) is 22.6. The molecule has 0 aromatic heterocycles. The summed E-state index contributed by atoms with van der Waals surface area (Å²) in [5.41, 5.74) is 0.797. The summed E-state index contributed by atoms with van der Waals surface area (Å²) in [4.78, 5) is 0. The maximum atomic E-state index is 5.77. The predicted octanol–water partition coefficient (Wildman–Crippen LogP) is -5.01. The largest absolute Gasteiger partial charge is 1.00 e. The molecule has 0 fully saturated rings. The summed E-state index contributed by atoms with van der Waals surface area (Å²) in [6.45, 7) is 3.58. The predicted molar refractivity (Wildman–Crippen MR) is 49.9 cm³/mol. The zero-order chi connectivity index (χ0) is 7.56. The van der Waals surface area contributed by atoms with Gasteiger partial charge in [-0.2, -0.15) is 0 Å². The molecule has 0 spiro atoms. The fourth-order valence-electron chi connectivity index (χ4n) is 0.706. The van der Waals surface area contributed by atoms with Gasteiger partial charge in [0, 0.05) is 15.6 Å². The van der Waals surface area contributed by atoms with Crippen LogP contribution in [0.25, 0.3) is 6.08 Å². The number of halogens is 2. The Morgan fingerprint density at radius 2 is 1.46 bits per heavy atom. The summed E-state index contributed by atoms with van der Waals surface area (Å²) in [6, 6.07) is 5.37. The van der Waals surface area contributed by atoms with Gasteiger partial charge in [-0.05, 0) is 12.1 Å².